The summed E-state index contributed by atoms with van der Waals surface area (Å²) < 4.78 is 11.1. The first-order chi connectivity index (χ1) is 13.3. The van der Waals surface area contributed by atoms with Crippen molar-refractivity contribution in [2.75, 3.05) is 52.5 Å². The summed E-state index contributed by atoms with van der Waals surface area (Å²) in [5, 5.41) is 20.3. The Labute approximate surface area is 167 Å². The third-order valence-corrected chi connectivity index (χ3v) is 5.04. The van der Waals surface area contributed by atoms with E-state index in [1.165, 1.54) is 16.7 Å². The van der Waals surface area contributed by atoms with Crippen LogP contribution in [0.3, 0.4) is 0 Å². The molecule has 0 aromatic heterocycles. The highest BCUT2D eigenvalue weighted by Crippen LogP contribution is 2.12. The maximum atomic E-state index is 11.3. The number of nitrogens with one attached hydrogen (secondary N) is 2. The van der Waals surface area contributed by atoms with Crippen molar-refractivity contribution in [2.45, 2.75) is 39.1 Å². The van der Waals surface area contributed by atoms with Gasteiger partial charge < -0.3 is 29.5 Å². The van der Waals surface area contributed by atoms with E-state index in [0.717, 1.165) is 26.2 Å². The van der Waals surface area contributed by atoms with Crippen molar-refractivity contribution < 1.29 is 34.3 Å². The molecule has 1 aliphatic rings. The lowest BCUT2D eigenvalue weighted by atomic mass is 10.1. The summed E-state index contributed by atoms with van der Waals surface area (Å²) in [7, 11) is 0. The van der Waals surface area contributed by atoms with E-state index in [1.807, 2.05) is 13.8 Å². The highest BCUT2D eigenvalue weighted by molar-refractivity contribution is 5.94. The topological polar surface area (TPSA) is 84.9 Å². The number of benzene rings is 1. The highest BCUT2D eigenvalue weighted by Gasteiger charge is 2.26. The lowest BCUT2D eigenvalue weighted by Gasteiger charge is -2.31. The van der Waals surface area contributed by atoms with E-state index < -0.39 is 12.2 Å². The molecule has 158 valence electrons. The van der Waals surface area contributed by atoms with E-state index in [4.69, 9.17) is 9.47 Å². The largest absolute Gasteiger partial charge is 0.491 e. The molecule has 1 aromatic rings. The van der Waals surface area contributed by atoms with Crippen LogP contribution in [0.5, 0.6) is 5.75 Å². The van der Waals surface area contributed by atoms with Crippen LogP contribution in [0.15, 0.2) is 24.3 Å². The maximum Gasteiger partial charge on any atom is 0.159 e. The molecular weight excluding hydrogens is 360 g/mol. The fraction of sp³-hybridized carbons (Fsp3) is 0.667. The number of Topliss-reactive ketones (excluding diaryl/α,β-unsaturated/α-hetero) is 1. The number of ketones is 1. The van der Waals surface area contributed by atoms with E-state index in [2.05, 4.69) is 0 Å². The molecule has 0 spiro atoms. The van der Waals surface area contributed by atoms with Crippen molar-refractivity contribution in [1.82, 2.24) is 0 Å². The Bertz CT molecular complexity index is 585. The lowest BCUT2D eigenvalue weighted by molar-refractivity contribution is -1.01. The third-order valence-electron chi connectivity index (χ3n) is 5.04. The van der Waals surface area contributed by atoms with E-state index in [1.54, 1.807) is 24.3 Å². The number of hydrogen-bond acceptors (Lipinski definition) is 5. The second kappa shape index (κ2) is 11.5. The zero-order valence-corrected chi connectivity index (χ0v) is 17.3. The van der Waals surface area contributed by atoms with E-state index >= 15 is 0 Å². The maximum absolute atomic E-state index is 11.3. The lowest BCUT2D eigenvalue weighted by Crippen LogP contribution is -3.29. The van der Waals surface area contributed by atoms with Crippen LogP contribution < -0.4 is 14.5 Å². The normalized spacial score (nSPS) is 22.1. The fourth-order valence-corrected chi connectivity index (χ4v) is 3.43. The minimum atomic E-state index is -0.533. The van der Waals surface area contributed by atoms with Gasteiger partial charge in [-0.1, -0.05) is 0 Å². The first-order valence-corrected chi connectivity index (χ1v) is 10.2. The second-order valence-corrected chi connectivity index (χ2v) is 7.99. The number of ether oxygens (including phenoxy) is 2. The first-order valence-electron chi connectivity index (χ1n) is 10.2. The molecule has 2 atom stereocenters. The minimum absolute atomic E-state index is 0.0245. The van der Waals surface area contributed by atoms with Gasteiger partial charge in [0.15, 0.2) is 5.78 Å². The van der Waals surface area contributed by atoms with Gasteiger partial charge in [-0.3, -0.25) is 4.79 Å². The average Bonchev–Trinajstić information content (AvgIpc) is 2.66. The number of aliphatic hydroxyl groups is 2. The SMILES string of the molecule is CC(=O)c1ccc(OC[C@@H](O)C[NH+]2CC[NH+](C[C@@H](O)COC(C)C)CC2)cc1. The molecule has 7 nitrogen and oxygen atoms in total. The van der Waals surface area contributed by atoms with E-state index in [0.29, 0.717) is 31.0 Å². The summed E-state index contributed by atoms with van der Waals surface area (Å²) in [6, 6.07) is 6.98. The summed E-state index contributed by atoms with van der Waals surface area (Å²) in [6.07, 6.45) is -0.817. The Morgan fingerprint density at radius 3 is 1.93 bits per heavy atom. The van der Waals surface area contributed by atoms with Crippen LogP contribution >= 0.6 is 0 Å². The van der Waals surface area contributed by atoms with Crippen molar-refractivity contribution in [3.8, 4) is 5.75 Å². The Kier molecular flexibility index (Phi) is 9.34. The van der Waals surface area contributed by atoms with Crippen LogP contribution in [-0.4, -0.2) is 86.8 Å². The molecule has 1 aliphatic heterocycles. The van der Waals surface area contributed by atoms with Crippen LogP contribution in [0, 0.1) is 0 Å². The first kappa shape index (κ1) is 22.8. The number of aliphatic hydroxyl groups excluding tert-OH is 2. The molecule has 0 saturated carbocycles. The third kappa shape index (κ3) is 8.24. The molecule has 0 radical (unpaired) electrons. The molecule has 0 amide bonds. The van der Waals surface area contributed by atoms with Crippen molar-refractivity contribution >= 4 is 5.78 Å². The Morgan fingerprint density at radius 1 is 0.964 bits per heavy atom. The molecule has 1 saturated heterocycles. The van der Waals surface area contributed by atoms with Gasteiger partial charge >= 0.3 is 0 Å². The molecule has 1 fully saturated rings. The van der Waals surface area contributed by atoms with Gasteiger partial charge in [-0.25, -0.2) is 0 Å². The Balaban J connectivity index is 1.63. The van der Waals surface area contributed by atoms with Crippen molar-refractivity contribution in [3.63, 3.8) is 0 Å². The van der Waals surface area contributed by atoms with Crippen LogP contribution in [0.2, 0.25) is 0 Å². The molecule has 0 aliphatic carbocycles. The zero-order valence-electron chi connectivity index (χ0n) is 17.3. The fourth-order valence-electron chi connectivity index (χ4n) is 3.43. The van der Waals surface area contributed by atoms with E-state index in [-0.39, 0.29) is 18.5 Å². The quantitative estimate of drug-likeness (QED) is 0.332. The molecule has 28 heavy (non-hydrogen) atoms. The van der Waals surface area contributed by atoms with Gasteiger partial charge in [0.25, 0.3) is 0 Å². The van der Waals surface area contributed by atoms with Crippen molar-refractivity contribution in [1.29, 1.82) is 0 Å². The number of rotatable bonds is 11. The summed E-state index contributed by atoms with van der Waals surface area (Å²) in [6.45, 7) is 11.4. The summed E-state index contributed by atoms with van der Waals surface area (Å²) >= 11 is 0. The Morgan fingerprint density at radius 2 is 1.46 bits per heavy atom. The van der Waals surface area contributed by atoms with Crippen LogP contribution in [-0.2, 0) is 4.74 Å². The van der Waals surface area contributed by atoms with Crippen LogP contribution in [0.1, 0.15) is 31.1 Å². The van der Waals surface area contributed by atoms with Crippen LogP contribution in [0.4, 0.5) is 0 Å². The number of quaternary nitrogens is 2. The molecule has 0 unspecified atom stereocenters. The average molecular weight is 397 g/mol. The van der Waals surface area contributed by atoms with Gasteiger partial charge in [0.1, 0.15) is 63.8 Å². The summed E-state index contributed by atoms with van der Waals surface area (Å²) in [4.78, 5) is 14.0. The van der Waals surface area contributed by atoms with Crippen molar-refractivity contribution in [3.05, 3.63) is 29.8 Å². The zero-order chi connectivity index (χ0) is 20.5. The number of carbonyl (C=O) groups excluding carboxylic acids is 1. The van der Waals surface area contributed by atoms with Gasteiger partial charge in [-0.2, -0.15) is 0 Å². The highest BCUT2D eigenvalue weighted by atomic mass is 16.5. The number of piperazine rings is 1. The minimum Gasteiger partial charge on any atom is -0.491 e. The predicted octanol–water partition coefficient (Wildman–Crippen LogP) is -1.80. The smallest absolute Gasteiger partial charge is 0.159 e. The second-order valence-electron chi connectivity index (χ2n) is 7.99. The van der Waals surface area contributed by atoms with Crippen LogP contribution in [0.25, 0.3) is 0 Å². The Hall–Kier alpha value is -1.51. The predicted molar refractivity (Wildman–Crippen MR) is 106 cm³/mol. The molecule has 7 heteroatoms. The summed E-state index contributed by atoms with van der Waals surface area (Å²) in [5.41, 5.74) is 0.651. The molecule has 2 rings (SSSR count). The molecule has 0 bridgehead atoms. The molecule has 1 heterocycles. The van der Waals surface area contributed by atoms with Crippen molar-refractivity contribution in [2.24, 2.45) is 0 Å². The molecular formula is C21H36N2O5+2. The van der Waals surface area contributed by atoms with Gasteiger partial charge in [0, 0.05) is 5.56 Å². The van der Waals surface area contributed by atoms with Gasteiger partial charge in [0.2, 0.25) is 0 Å². The van der Waals surface area contributed by atoms with Gasteiger partial charge in [0.05, 0.1) is 12.7 Å². The van der Waals surface area contributed by atoms with Gasteiger partial charge in [-0.15, -0.1) is 0 Å². The van der Waals surface area contributed by atoms with Gasteiger partial charge in [-0.05, 0) is 45.0 Å². The van der Waals surface area contributed by atoms with E-state index in [9.17, 15) is 15.0 Å². The number of carbonyl (C=O) groups is 1. The summed E-state index contributed by atoms with van der Waals surface area (Å²) in [5.74, 6) is 0.683. The standard InChI is InChI=1S/C21H34N2O5/c1-16(2)27-14-19(25)12-22-8-10-23(11-9-22)13-20(26)15-28-21-6-4-18(5-7-21)17(3)24/h4-7,16,19-20,25-26H,8-15H2,1-3H3/p+2/t19-,20+/m1/s1. The number of hydrogen-bond donors (Lipinski definition) is 4. The monoisotopic (exact) mass is 396 g/mol. The molecule has 1 aromatic carbocycles. The molecule has 4 N–H and O–H groups in total.